The molecule has 0 aliphatic rings. The molecule has 2 aromatic carbocycles. The number of nitrogens with one attached hydrogen (secondary N) is 1. The van der Waals surface area contributed by atoms with Gasteiger partial charge in [0.25, 0.3) is 0 Å². The average molecular weight is 328 g/mol. The van der Waals surface area contributed by atoms with Crippen LogP contribution in [0.1, 0.15) is 0 Å². The van der Waals surface area contributed by atoms with Crippen LogP contribution in [0.2, 0.25) is 5.02 Å². The number of benzene rings is 2. The molecule has 0 bridgehead atoms. The van der Waals surface area contributed by atoms with Crippen LogP contribution in [-0.4, -0.2) is 7.11 Å². The number of ether oxygens (including phenoxy) is 1. The van der Waals surface area contributed by atoms with E-state index in [9.17, 15) is 0 Å². The highest BCUT2D eigenvalue weighted by Gasteiger charge is 2.07. The number of nitrogens with two attached hydrogens (primary N) is 1. The first-order valence-corrected chi connectivity index (χ1v) is 6.43. The highest BCUT2D eigenvalue weighted by molar-refractivity contribution is 9.10. The molecule has 0 heterocycles. The maximum Gasteiger partial charge on any atom is 0.143 e. The summed E-state index contributed by atoms with van der Waals surface area (Å²) < 4.78 is 6.09. The second-order valence-corrected chi connectivity index (χ2v) is 4.96. The van der Waals surface area contributed by atoms with Crippen molar-refractivity contribution < 1.29 is 4.74 Å². The zero-order valence-electron chi connectivity index (χ0n) is 9.71. The molecular formula is C13H12BrClN2O. The smallest absolute Gasteiger partial charge is 0.143 e. The summed E-state index contributed by atoms with van der Waals surface area (Å²) in [6, 6.07) is 11.1. The van der Waals surface area contributed by atoms with Crippen LogP contribution in [0.5, 0.6) is 5.75 Å². The first-order chi connectivity index (χ1) is 8.61. The number of para-hydroxylation sites is 1. The third-order valence-corrected chi connectivity index (χ3v) is 3.41. The van der Waals surface area contributed by atoms with E-state index in [2.05, 4.69) is 21.2 Å². The van der Waals surface area contributed by atoms with Gasteiger partial charge in [-0.1, -0.05) is 17.7 Å². The molecule has 0 saturated carbocycles. The Balaban J connectivity index is 2.37. The van der Waals surface area contributed by atoms with E-state index in [4.69, 9.17) is 22.1 Å². The number of hydrogen-bond donors (Lipinski definition) is 2. The van der Waals surface area contributed by atoms with E-state index in [1.165, 1.54) is 0 Å². The standard InChI is InChI=1S/C13H12BrClN2O/c1-18-12-4-2-3-10(13(12)16)17-11-7-8(15)5-6-9(11)14/h2-7,17H,16H2,1H3. The van der Waals surface area contributed by atoms with Crippen LogP contribution in [-0.2, 0) is 0 Å². The van der Waals surface area contributed by atoms with Crippen molar-refractivity contribution in [3.8, 4) is 5.75 Å². The predicted octanol–water partition coefficient (Wildman–Crippen LogP) is 4.44. The molecule has 2 rings (SSSR count). The van der Waals surface area contributed by atoms with Crippen molar-refractivity contribution in [3.05, 3.63) is 45.9 Å². The molecule has 0 saturated heterocycles. The molecule has 0 spiro atoms. The monoisotopic (exact) mass is 326 g/mol. The van der Waals surface area contributed by atoms with Gasteiger partial charge in [0.2, 0.25) is 0 Å². The molecule has 5 heteroatoms. The van der Waals surface area contributed by atoms with Crippen LogP contribution >= 0.6 is 27.5 Å². The van der Waals surface area contributed by atoms with Crippen LogP contribution in [0.25, 0.3) is 0 Å². The Kier molecular flexibility index (Phi) is 3.99. The second kappa shape index (κ2) is 5.50. The predicted molar refractivity (Wildman–Crippen MR) is 79.8 cm³/mol. The number of methoxy groups -OCH3 is 1. The van der Waals surface area contributed by atoms with Crippen molar-refractivity contribution in [3.63, 3.8) is 0 Å². The van der Waals surface area contributed by atoms with E-state index in [1.807, 2.05) is 36.4 Å². The Labute approximate surface area is 119 Å². The maximum atomic E-state index is 5.99. The number of anilines is 3. The maximum absolute atomic E-state index is 5.99. The Morgan fingerprint density at radius 1 is 1.22 bits per heavy atom. The van der Waals surface area contributed by atoms with E-state index >= 15 is 0 Å². The highest BCUT2D eigenvalue weighted by Crippen LogP contribution is 2.34. The lowest BCUT2D eigenvalue weighted by molar-refractivity contribution is 0.417. The molecule has 18 heavy (non-hydrogen) atoms. The molecule has 0 aliphatic heterocycles. The van der Waals surface area contributed by atoms with E-state index in [1.54, 1.807) is 7.11 Å². The number of hydrogen-bond acceptors (Lipinski definition) is 3. The fraction of sp³-hybridized carbons (Fsp3) is 0.0769. The Hall–Kier alpha value is -1.39. The lowest BCUT2D eigenvalue weighted by Crippen LogP contribution is -1.99. The van der Waals surface area contributed by atoms with Crippen molar-refractivity contribution in [2.75, 3.05) is 18.2 Å². The lowest BCUT2D eigenvalue weighted by Gasteiger charge is -2.13. The van der Waals surface area contributed by atoms with Gasteiger partial charge in [0.15, 0.2) is 0 Å². The highest BCUT2D eigenvalue weighted by atomic mass is 79.9. The van der Waals surface area contributed by atoms with Crippen LogP contribution < -0.4 is 15.8 Å². The molecule has 0 radical (unpaired) electrons. The van der Waals surface area contributed by atoms with Crippen LogP contribution in [0.3, 0.4) is 0 Å². The summed E-state index contributed by atoms with van der Waals surface area (Å²) in [4.78, 5) is 0. The quantitative estimate of drug-likeness (QED) is 0.819. The molecule has 3 nitrogen and oxygen atoms in total. The summed E-state index contributed by atoms with van der Waals surface area (Å²) >= 11 is 9.42. The van der Waals surface area contributed by atoms with Gasteiger partial charge in [-0.3, -0.25) is 0 Å². The number of rotatable bonds is 3. The van der Waals surface area contributed by atoms with Crippen molar-refractivity contribution >= 4 is 44.6 Å². The minimum atomic E-state index is 0.562. The van der Waals surface area contributed by atoms with Gasteiger partial charge < -0.3 is 15.8 Å². The topological polar surface area (TPSA) is 47.3 Å². The first-order valence-electron chi connectivity index (χ1n) is 5.26. The zero-order valence-corrected chi connectivity index (χ0v) is 12.0. The molecule has 3 N–H and O–H groups in total. The minimum absolute atomic E-state index is 0.562. The van der Waals surface area contributed by atoms with Crippen molar-refractivity contribution in [2.45, 2.75) is 0 Å². The van der Waals surface area contributed by atoms with Gasteiger partial charge in [-0.2, -0.15) is 0 Å². The SMILES string of the molecule is COc1cccc(Nc2cc(Cl)ccc2Br)c1N. The van der Waals surface area contributed by atoms with Gasteiger partial charge in [0.1, 0.15) is 5.75 Å². The lowest BCUT2D eigenvalue weighted by atomic mass is 10.2. The van der Waals surface area contributed by atoms with Crippen LogP contribution in [0, 0.1) is 0 Å². The Morgan fingerprint density at radius 3 is 2.72 bits per heavy atom. The molecule has 0 fully saturated rings. The van der Waals surface area contributed by atoms with Gasteiger partial charge in [0.05, 0.1) is 24.2 Å². The van der Waals surface area contributed by atoms with E-state index in [0.717, 1.165) is 15.8 Å². The Bertz CT molecular complexity index is 575. The third-order valence-electron chi connectivity index (χ3n) is 2.48. The molecule has 2 aromatic rings. The van der Waals surface area contributed by atoms with Crippen molar-refractivity contribution in [2.24, 2.45) is 0 Å². The summed E-state index contributed by atoms with van der Waals surface area (Å²) in [5, 5.41) is 3.87. The molecule has 0 aliphatic carbocycles. The summed E-state index contributed by atoms with van der Waals surface area (Å²) in [5.41, 5.74) is 8.18. The average Bonchev–Trinajstić information content (AvgIpc) is 2.36. The number of halogens is 2. The van der Waals surface area contributed by atoms with Crippen LogP contribution in [0.4, 0.5) is 17.1 Å². The molecule has 94 valence electrons. The zero-order chi connectivity index (χ0) is 13.1. The number of nitrogen functional groups attached to an aromatic ring is 1. The fourth-order valence-electron chi connectivity index (χ4n) is 1.57. The molecule has 0 aromatic heterocycles. The van der Waals surface area contributed by atoms with Gasteiger partial charge >= 0.3 is 0 Å². The van der Waals surface area contributed by atoms with Crippen LogP contribution in [0.15, 0.2) is 40.9 Å². The van der Waals surface area contributed by atoms with Crippen molar-refractivity contribution in [1.29, 1.82) is 0 Å². The van der Waals surface area contributed by atoms with Gasteiger partial charge in [0, 0.05) is 9.50 Å². The van der Waals surface area contributed by atoms with Crippen molar-refractivity contribution in [1.82, 2.24) is 0 Å². The van der Waals surface area contributed by atoms with E-state index in [-0.39, 0.29) is 0 Å². The molecular weight excluding hydrogens is 316 g/mol. The van der Waals surface area contributed by atoms with Gasteiger partial charge in [-0.25, -0.2) is 0 Å². The molecule has 0 amide bonds. The molecule has 0 unspecified atom stereocenters. The molecule has 0 atom stereocenters. The summed E-state index contributed by atoms with van der Waals surface area (Å²) in [6.07, 6.45) is 0. The largest absolute Gasteiger partial charge is 0.495 e. The summed E-state index contributed by atoms with van der Waals surface area (Å²) in [7, 11) is 1.59. The van der Waals surface area contributed by atoms with Gasteiger partial charge in [-0.05, 0) is 46.3 Å². The second-order valence-electron chi connectivity index (χ2n) is 3.67. The first kappa shape index (κ1) is 13.1. The van der Waals surface area contributed by atoms with E-state index in [0.29, 0.717) is 16.5 Å². The minimum Gasteiger partial charge on any atom is -0.495 e. The van der Waals surface area contributed by atoms with E-state index < -0.39 is 0 Å². The summed E-state index contributed by atoms with van der Waals surface area (Å²) in [6.45, 7) is 0. The summed E-state index contributed by atoms with van der Waals surface area (Å²) in [5.74, 6) is 0.637. The Morgan fingerprint density at radius 2 is 2.00 bits per heavy atom. The normalized spacial score (nSPS) is 10.2. The van der Waals surface area contributed by atoms with Gasteiger partial charge in [-0.15, -0.1) is 0 Å². The third kappa shape index (κ3) is 2.71. The fourth-order valence-corrected chi connectivity index (χ4v) is 2.09.